The summed E-state index contributed by atoms with van der Waals surface area (Å²) in [6, 6.07) is -0.525. The fourth-order valence-corrected chi connectivity index (χ4v) is 2.66. The number of nitrogens with one attached hydrogen (secondary N) is 2. The highest BCUT2D eigenvalue weighted by Gasteiger charge is 2.35. The molecule has 1 heterocycles. The SMILES string of the molecule is CCNC(=O)C1CNCCN1C(C)C(=O)N(CC)CC. The minimum atomic E-state index is -0.266. The summed E-state index contributed by atoms with van der Waals surface area (Å²) in [5.41, 5.74) is 0. The molecule has 0 aromatic heterocycles. The van der Waals surface area contributed by atoms with Crippen LogP contribution in [-0.2, 0) is 9.59 Å². The molecule has 0 saturated carbocycles. The predicted molar refractivity (Wildman–Crippen MR) is 79.4 cm³/mol. The highest BCUT2D eigenvalue weighted by Crippen LogP contribution is 2.11. The van der Waals surface area contributed by atoms with Crippen LogP contribution in [0.5, 0.6) is 0 Å². The second-order valence-electron chi connectivity index (χ2n) is 5.04. The first kappa shape index (κ1) is 16.9. The van der Waals surface area contributed by atoms with Crippen LogP contribution in [0.4, 0.5) is 0 Å². The van der Waals surface area contributed by atoms with Gasteiger partial charge in [-0.25, -0.2) is 0 Å². The molecule has 116 valence electrons. The zero-order chi connectivity index (χ0) is 15.1. The number of rotatable bonds is 6. The van der Waals surface area contributed by atoms with Crippen LogP contribution in [0, 0.1) is 0 Å². The maximum Gasteiger partial charge on any atom is 0.239 e. The van der Waals surface area contributed by atoms with E-state index in [0.717, 1.165) is 13.1 Å². The largest absolute Gasteiger partial charge is 0.355 e. The Hall–Kier alpha value is -1.14. The summed E-state index contributed by atoms with van der Waals surface area (Å²) in [6.07, 6.45) is 0. The lowest BCUT2D eigenvalue weighted by atomic mass is 10.1. The summed E-state index contributed by atoms with van der Waals surface area (Å²) in [6.45, 7) is 11.9. The summed E-state index contributed by atoms with van der Waals surface area (Å²) in [5.74, 6) is 0.102. The molecule has 0 radical (unpaired) electrons. The summed E-state index contributed by atoms with van der Waals surface area (Å²) in [4.78, 5) is 28.4. The van der Waals surface area contributed by atoms with Crippen LogP contribution >= 0.6 is 0 Å². The molecule has 2 amide bonds. The first-order chi connectivity index (χ1) is 9.56. The number of likely N-dealkylation sites (N-methyl/N-ethyl adjacent to an activating group) is 2. The molecule has 6 nitrogen and oxygen atoms in total. The van der Waals surface area contributed by atoms with Crippen LogP contribution in [-0.4, -0.2) is 73.0 Å². The van der Waals surface area contributed by atoms with Crippen LogP contribution in [0.1, 0.15) is 27.7 Å². The van der Waals surface area contributed by atoms with Gasteiger partial charge >= 0.3 is 0 Å². The third-order valence-corrected chi connectivity index (χ3v) is 3.87. The molecule has 0 aromatic carbocycles. The summed E-state index contributed by atoms with van der Waals surface area (Å²) in [5, 5.41) is 6.08. The molecule has 2 atom stereocenters. The van der Waals surface area contributed by atoms with Gasteiger partial charge in [0.05, 0.1) is 6.04 Å². The van der Waals surface area contributed by atoms with Gasteiger partial charge in [-0.15, -0.1) is 0 Å². The van der Waals surface area contributed by atoms with Gasteiger partial charge in [-0.1, -0.05) is 0 Å². The first-order valence-corrected chi connectivity index (χ1v) is 7.59. The van der Waals surface area contributed by atoms with Gasteiger partial charge in [-0.3, -0.25) is 14.5 Å². The average molecular weight is 284 g/mol. The zero-order valence-electron chi connectivity index (χ0n) is 13.1. The Morgan fingerprint density at radius 1 is 1.35 bits per heavy atom. The molecular weight excluding hydrogens is 256 g/mol. The fourth-order valence-electron chi connectivity index (χ4n) is 2.66. The van der Waals surface area contributed by atoms with Crippen LogP contribution < -0.4 is 10.6 Å². The average Bonchev–Trinajstić information content (AvgIpc) is 2.47. The maximum atomic E-state index is 12.5. The van der Waals surface area contributed by atoms with Gasteiger partial charge in [0.2, 0.25) is 11.8 Å². The number of amides is 2. The van der Waals surface area contributed by atoms with Gasteiger partial charge in [0.15, 0.2) is 0 Å². The lowest BCUT2D eigenvalue weighted by molar-refractivity contribution is -0.139. The topological polar surface area (TPSA) is 64.7 Å². The van der Waals surface area contributed by atoms with E-state index >= 15 is 0 Å². The monoisotopic (exact) mass is 284 g/mol. The molecule has 2 unspecified atom stereocenters. The minimum absolute atomic E-state index is 0.00102. The van der Waals surface area contributed by atoms with Gasteiger partial charge in [0.1, 0.15) is 6.04 Å². The minimum Gasteiger partial charge on any atom is -0.355 e. The first-order valence-electron chi connectivity index (χ1n) is 7.59. The Morgan fingerprint density at radius 2 is 2.00 bits per heavy atom. The number of nitrogens with zero attached hydrogens (tertiary/aromatic N) is 2. The van der Waals surface area contributed by atoms with E-state index in [-0.39, 0.29) is 23.9 Å². The standard InChI is InChI=1S/C14H28N4O2/c1-5-16-13(19)12-10-15-8-9-18(12)11(4)14(20)17(6-2)7-3/h11-12,15H,5-10H2,1-4H3,(H,16,19). The molecule has 0 bridgehead atoms. The van der Waals surface area contributed by atoms with Crippen molar-refractivity contribution in [2.45, 2.75) is 39.8 Å². The Morgan fingerprint density at radius 3 is 2.55 bits per heavy atom. The van der Waals surface area contributed by atoms with Crippen LogP contribution in [0.15, 0.2) is 0 Å². The smallest absolute Gasteiger partial charge is 0.239 e. The maximum absolute atomic E-state index is 12.5. The normalized spacial score (nSPS) is 21.3. The Labute approximate surface area is 121 Å². The van der Waals surface area contributed by atoms with Crippen LogP contribution in [0.2, 0.25) is 0 Å². The molecule has 0 aromatic rings. The molecule has 2 N–H and O–H groups in total. The molecule has 0 spiro atoms. The zero-order valence-corrected chi connectivity index (χ0v) is 13.1. The molecule has 1 rings (SSSR count). The van der Waals surface area contributed by atoms with Gasteiger partial charge < -0.3 is 15.5 Å². The lowest BCUT2D eigenvalue weighted by Gasteiger charge is -2.39. The molecule has 0 aliphatic carbocycles. The molecule has 1 aliphatic heterocycles. The number of hydrogen-bond donors (Lipinski definition) is 2. The van der Waals surface area contributed by atoms with E-state index in [4.69, 9.17) is 0 Å². The molecule has 1 fully saturated rings. The second kappa shape index (κ2) is 8.21. The highest BCUT2D eigenvalue weighted by molar-refractivity contribution is 5.85. The molecule has 6 heteroatoms. The van der Waals surface area contributed by atoms with E-state index < -0.39 is 0 Å². The molecule has 1 saturated heterocycles. The van der Waals surface area contributed by atoms with Crippen molar-refractivity contribution >= 4 is 11.8 Å². The van der Waals surface area contributed by atoms with Crippen molar-refractivity contribution in [2.75, 3.05) is 39.3 Å². The van der Waals surface area contributed by atoms with Gasteiger partial charge in [-0.2, -0.15) is 0 Å². The van der Waals surface area contributed by atoms with Crippen LogP contribution in [0.25, 0.3) is 0 Å². The van der Waals surface area contributed by atoms with Gasteiger partial charge in [-0.05, 0) is 27.7 Å². The second-order valence-corrected chi connectivity index (χ2v) is 5.04. The number of piperazine rings is 1. The van der Waals surface area contributed by atoms with E-state index in [0.29, 0.717) is 26.2 Å². The number of carbonyl (C=O) groups is 2. The van der Waals surface area contributed by atoms with E-state index in [9.17, 15) is 9.59 Å². The van der Waals surface area contributed by atoms with E-state index in [1.54, 1.807) is 0 Å². The predicted octanol–water partition coefficient (Wildman–Crippen LogP) is -0.347. The summed E-state index contributed by atoms with van der Waals surface area (Å²) >= 11 is 0. The van der Waals surface area contributed by atoms with Crippen molar-refractivity contribution in [1.29, 1.82) is 0 Å². The van der Waals surface area contributed by atoms with Crippen molar-refractivity contribution in [2.24, 2.45) is 0 Å². The Kier molecular flexibility index (Phi) is 6.95. The van der Waals surface area contributed by atoms with Gasteiger partial charge in [0.25, 0.3) is 0 Å². The van der Waals surface area contributed by atoms with Gasteiger partial charge in [0, 0.05) is 39.3 Å². The van der Waals surface area contributed by atoms with E-state index in [1.165, 1.54) is 0 Å². The van der Waals surface area contributed by atoms with Crippen molar-refractivity contribution < 1.29 is 9.59 Å². The van der Waals surface area contributed by atoms with Crippen molar-refractivity contribution in [3.63, 3.8) is 0 Å². The van der Waals surface area contributed by atoms with E-state index in [1.807, 2.05) is 37.5 Å². The molecule has 20 heavy (non-hydrogen) atoms. The summed E-state index contributed by atoms with van der Waals surface area (Å²) in [7, 11) is 0. The third-order valence-electron chi connectivity index (χ3n) is 3.87. The van der Waals surface area contributed by atoms with Crippen LogP contribution in [0.3, 0.4) is 0 Å². The number of hydrogen-bond acceptors (Lipinski definition) is 4. The van der Waals surface area contributed by atoms with Crippen molar-refractivity contribution in [3.05, 3.63) is 0 Å². The number of carbonyl (C=O) groups excluding carboxylic acids is 2. The fraction of sp³-hybridized carbons (Fsp3) is 0.857. The highest BCUT2D eigenvalue weighted by atomic mass is 16.2. The summed E-state index contributed by atoms with van der Waals surface area (Å²) < 4.78 is 0. The van der Waals surface area contributed by atoms with E-state index in [2.05, 4.69) is 10.6 Å². The Bertz CT molecular complexity index is 331. The Balaban J connectivity index is 2.78. The quantitative estimate of drug-likeness (QED) is 0.700. The van der Waals surface area contributed by atoms with Crippen molar-refractivity contribution in [1.82, 2.24) is 20.4 Å². The molecule has 1 aliphatic rings. The molecular formula is C14H28N4O2. The van der Waals surface area contributed by atoms with Crippen molar-refractivity contribution in [3.8, 4) is 0 Å². The lowest BCUT2D eigenvalue weighted by Crippen LogP contribution is -2.62. The third kappa shape index (κ3) is 3.93.